The molecule has 1 fully saturated rings. The van der Waals surface area contributed by atoms with Gasteiger partial charge in [0.25, 0.3) is 0 Å². The Hall–Kier alpha value is -1.53. The average molecular weight is 368 g/mol. The molecule has 1 saturated heterocycles. The maximum atomic E-state index is 12.5. The van der Waals surface area contributed by atoms with E-state index in [1.807, 2.05) is 20.8 Å². The van der Waals surface area contributed by atoms with Crippen LogP contribution in [0.5, 0.6) is 5.75 Å². The Bertz CT molecular complexity index is 597. The molecule has 5 nitrogen and oxygen atoms in total. The highest BCUT2D eigenvalue weighted by atomic mass is 32.3. The van der Waals surface area contributed by atoms with Gasteiger partial charge < -0.3 is 14.2 Å². The molecular weight excluding hydrogens is 340 g/mol. The zero-order valence-corrected chi connectivity index (χ0v) is 16.3. The van der Waals surface area contributed by atoms with Crippen LogP contribution in [0.4, 0.5) is 0 Å². The summed E-state index contributed by atoms with van der Waals surface area (Å²) in [5, 5.41) is 0. The Labute approximate surface area is 151 Å². The van der Waals surface area contributed by atoms with Gasteiger partial charge in [-0.1, -0.05) is 0 Å². The molecule has 1 aliphatic rings. The molecule has 140 valence electrons. The van der Waals surface area contributed by atoms with Crippen LogP contribution in [0.25, 0.3) is 0 Å². The van der Waals surface area contributed by atoms with Gasteiger partial charge in [-0.05, 0) is 51.3 Å². The highest BCUT2D eigenvalue weighted by Gasteiger charge is 2.25. The van der Waals surface area contributed by atoms with Gasteiger partial charge in [-0.15, -0.1) is 0 Å². The normalized spacial score (nSPS) is 18.2. The van der Waals surface area contributed by atoms with Crippen molar-refractivity contribution in [1.29, 1.82) is 0 Å². The number of benzene rings is 1. The number of rotatable bonds is 6. The van der Waals surface area contributed by atoms with E-state index in [4.69, 9.17) is 14.2 Å². The number of hydrogen-bond acceptors (Lipinski definition) is 5. The summed E-state index contributed by atoms with van der Waals surface area (Å²) in [4.78, 5) is 24.2. The second-order valence-corrected chi connectivity index (χ2v) is 11.5. The van der Waals surface area contributed by atoms with Gasteiger partial charge in [0, 0.05) is 22.8 Å². The summed E-state index contributed by atoms with van der Waals surface area (Å²) >= 11 is 0. The summed E-state index contributed by atoms with van der Waals surface area (Å²) in [6.45, 7) is 6.81. The monoisotopic (exact) mass is 368 g/mol. The van der Waals surface area contributed by atoms with Crippen molar-refractivity contribution in [3.05, 3.63) is 29.8 Å². The quantitative estimate of drug-likeness (QED) is 0.570. The van der Waals surface area contributed by atoms with Crippen LogP contribution in [0.1, 0.15) is 31.1 Å². The molecule has 0 unspecified atom stereocenters. The summed E-state index contributed by atoms with van der Waals surface area (Å²) in [5.74, 6) is 2.90. The van der Waals surface area contributed by atoms with Crippen molar-refractivity contribution in [3.8, 4) is 5.75 Å². The molecule has 0 spiro atoms. The SMILES string of the molecule is CC(C)(C)OC(=O)COc1ccc(C(=O)CS2(C)CCOCC2)cc1. The first kappa shape index (κ1) is 19.8. The van der Waals surface area contributed by atoms with E-state index in [2.05, 4.69) is 6.26 Å². The van der Waals surface area contributed by atoms with Crippen LogP contribution in [0.15, 0.2) is 24.3 Å². The van der Waals surface area contributed by atoms with E-state index in [0.29, 0.717) is 17.1 Å². The number of esters is 1. The predicted molar refractivity (Wildman–Crippen MR) is 101 cm³/mol. The van der Waals surface area contributed by atoms with Crippen molar-refractivity contribution in [2.75, 3.05) is 43.3 Å². The third kappa shape index (κ3) is 6.71. The van der Waals surface area contributed by atoms with Gasteiger partial charge in [0.05, 0.1) is 13.2 Å². The lowest BCUT2D eigenvalue weighted by Gasteiger charge is -2.38. The minimum Gasteiger partial charge on any atom is -0.482 e. The van der Waals surface area contributed by atoms with Crippen molar-refractivity contribution in [2.24, 2.45) is 0 Å². The highest BCUT2D eigenvalue weighted by Crippen LogP contribution is 2.45. The third-order valence-electron chi connectivity index (χ3n) is 3.87. The fourth-order valence-corrected chi connectivity index (χ4v) is 4.85. The summed E-state index contributed by atoms with van der Waals surface area (Å²) in [6.07, 6.45) is 2.23. The first-order chi connectivity index (χ1) is 11.7. The molecule has 1 aromatic rings. The second-order valence-electron chi connectivity index (χ2n) is 7.47. The van der Waals surface area contributed by atoms with Crippen LogP contribution < -0.4 is 4.74 Å². The molecule has 0 aromatic heterocycles. The summed E-state index contributed by atoms with van der Waals surface area (Å²) in [6, 6.07) is 6.96. The predicted octanol–water partition coefficient (Wildman–Crippen LogP) is 3.05. The highest BCUT2D eigenvalue weighted by molar-refractivity contribution is 8.33. The molecule has 0 saturated carbocycles. The lowest BCUT2D eigenvalue weighted by molar-refractivity contribution is -0.157. The third-order valence-corrected chi connectivity index (χ3v) is 7.14. The molecule has 1 aromatic carbocycles. The Morgan fingerprint density at radius 1 is 1.12 bits per heavy atom. The Balaban J connectivity index is 1.86. The molecule has 0 radical (unpaired) electrons. The van der Waals surface area contributed by atoms with Crippen molar-refractivity contribution >= 4 is 21.8 Å². The average Bonchev–Trinajstić information content (AvgIpc) is 2.52. The number of carbonyl (C=O) groups is 2. The first-order valence-electron chi connectivity index (χ1n) is 8.44. The Morgan fingerprint density at radius 2 is 1.72 bits per heavy atom. The fourth-order valence-electron chi connectivity index (χ4n) is 2.52. The lowest BCUT2D eigenvalue weighted by Crippen LogP contribution is -2.28. The molecule has 0 aliphatic carbocycles. The smallest absolute Gasteiger partial charge is 0.344 e. The number of ether oxygens (including phenoxy) is 3. The first-order valence-corrected chi connectivity index (χ1v) is 11.0. The number of ketones is 1. The van der Waals surface area contributed by atoms with Crippen molar-refractivity contribution in [3.63, 3.8) is 0 Å². The van der Waals surface area contributed by atoms with Gasteiger partial charge in [-0.25, -0.2) is 14.8 Å². The van der Waals surface area contributed by atoms with Gasteiger partial charge in [0.2, 0.25) is 0 Å². The zero-order valence-electron chi connectivity index (χ0n) is 15.5. The summed E-state index contributed by atoms with van der Waals surface area (Å²) in [5.41, 5.74) is 0.157. The molecule has 6 heteroatoms. The lowest BCUT2D eigenvalue weighted by atomic mass is 10.1. The van der Waals surface area contributed by atoms with Crippen LogP contribution in [0, 0.1) is 0 Å². The van der Waals surface area contributed by atoms with Crippen molar-refractivity contribution < 1.29 is 23.8 Å². The number of carbonyl (C=O) groups excluding carboxylic acids is 2. The molecule has 1 aliphatic heterocycles. The maximum absolute atomic E-state index is 12.5. The number of Topliss-reactive ketones (excluding diaryl/α,β-unsaturated/α-hetero) is 1. The Morgan fingerprint density at radius 3 is 2.28 bits per heavy atom. The van der Waals surface area contributed by atoms with E-state index in [-0.39, 0.29) is 12.4 Å². The van der Waals surface area contributed by atoms with Crippen LogP contribution in [-0.2, 0) is 14.3 Å². The minimum atomic E-state index is -0.904. The summed E-state index contributed by atoms with van der Waals surface area (Å²) in [7, 11) is -0.904. The standard InChI is InChI=1S/C19H28O5S/c1-19(2,3)24-18(21)13-23-16-7-5-15(6-8-16)17(20)14-25(4)11-9-22-10-12-25/h5-8H,9-14H2,1-4H3. The summed E-state index contributed by atoms with van der Waals surface area (Å²) < 4.78 is 16.0. The topological polar surface area (TPSA) is 61.8 Å². The molecule has 0 amide bonds. The van der Waals surface area contributed by atoms with Crippen LogP contribution in [0.3, 0.4) is 0 Å². The molecule has 0 atom stereocenters. The molecule has 0 bridgehead atoms. The molecule has 25 heavy (non-hydrogen) atoms. The zero-order chi connectivity index (χ0) is 18.5. The van der Waals surface area contributed by atoms with E-state index >= 15 is 0 Å². The van der Waals surface area contributed by atoms with E-state index < -0.39 is 21.6 Å². The van der Waals surface area contributed by atoms with E-state index in [1.165, 1.54) is 0 Å². The fraction of sp³-hybridized carbons (Fsp3) is 0.579. The molecular formula is C19H28O5S. The van der Waals surface area contributed by atoms with Crippen molar-refractivity contribution in [1.82, 2.24) is 0 Å². The van der Waals surface area contributed by atoms with Gasteiger partial charge in [-0.3, -0.25) is 4.79 Å². The maximum Gasteiger partial charge on any atom is 0.344 e. The minimum absolute atomic E-state index is 0.146. The largest absolute Gasteiger partial charge is 0.482 e. The van der Waals surface area contributed by atoms with Crippen LogP contribution >= 0.6 is 10.0 Å². The van der Waals surface area contributed by atoms with E-state index in [0.717, 1.165) is 24.7 Å². The molecule has 1 heterocycles. The van der Waals surface area contributed by atoms with E-state index in [9.17, 15) is 9.59 Å². The molecule has 0 N–H and O–H groups in total. The second kappa shape index (κ2) is 8.23. The van der Waals surface area contributed by atoms with Gasteiger partial charge in [-0.2, -0.15) is 0 Å². The van der Waals surface area contributed by atoms with E-state index in [1.54, 1.807) is 24.3 Å². The van der Waals surface area contributed by atoms with Crippen LogP contribution in [-0.4, -0.2) is 60.7 Å². The van der Waals surface area contributed by atoms with Crippen molar-refractivity contribution in [2.45, 2.75) is 26.4 Å². The van der Waals surface area contributed by atoms with Gasteiger partial charge in [0.15, 0.2) is 12.4 Å². The number of hydrogen-bond donors (Lipinski definition) is 0. The van der Waals surface area contributed by atoms with Gasteiger partial charge >= 0.3 is 5.97 Å². The molecule has 2 rings (SSSR count). The Kier molecular flexibility index (Phi) is 6.52. The van der Waals surface area contributed by atoms with Gasteiger partial charge in [0.1, 0.15) is 11.4 Å². The van der Waals surface area contributed by atoms with Crippen LogP contribution in [0.2, 0.25) is 0 Å².